The molecule has 3 fully saturated rings. The molecule has 1 N–H and O–H groups in total. The number of ketones is 3. The second-order valence-electron chi connectivity index (χ2n) is 15.2. The molecule has 222 valence electrons. The summed E-state index contributed by atoms with van der Waals surface area (Å²) < 4.78 is 4.93. The highest BCUT2D eigenvalue weighted by Gasteiger charge is 2.69. The van der Waals surface area contributed by atoms with Gasteiger partial charge >= 0.3 is 0 Å². The van der Waals surface area contributed by atoms with Gasteiger partial charge < -0.3 is 14.8 Å². The molecule has 0 heterocycles. The number of fused-ring (bicyclic) bond motifs is 7. The predicted octanol–water partition coefficient (Wildman–Crippen LogP) is 5.50. The van der Waals surface area contributed by atoms with E-state index < -0.39 is 10.8 Å². The molecule has 0 aromatic rings. The van der Waals surface area contributed by atoms with Crippen LogP contribution in [0, 0.1) is 57.3 Å². The highest BCUT2D eigenvalue weighted by molar-refractivity contribution is 6.01. The van der Waals surface area contributed by atoms with E-state index >= 15 is 0 Å². The second kappa shape index (κ2) is 9.73. The largest absolute Gasteiger partial charge is 0.375 e. The number of hydrogen-bond acceptors (Lipinski definition) is 5. The number of ether oxygens (including phenoxy) is 1. The van der Waals surface area contributed by atoms with Crippen molar-refractivity contribution in [3.63, 3.8) is 0 Å². The van der Waals surface area contributed by atoms with Crippen LogP contribution in [0.1, 0.15) is 86.5 Å². The quantitative estimate of drug-likeness (QED) is 0.447. The average Bonchev–Trinajstić information content (AvgIpc) is 2.90. The van der Waals surface area contributed by atoms with Crippen molar-refractivity contribution in [2.75, 3.05) is 20.3 Å². The van der Waals surface area contributed by atoms with Crippen LogP contribution in [0.3, 0.4) is 0 Å². The molecule has 0 aromatic carbocycles. The maximum Gasteiger partial charge on any atom is 0.246 e. The third-order valence-electron chi connectivity index (χ3n) is 12.8. The van der Waals surface area contributed by atoms with Gasteiger partial charge in [-0.3, -0.25) is 14.4 Å². The fraction of sp³-hybridized carbons (Fsp3) is 0.735. The molecule has 5 aliphatic rings. The van der Waals surface area contributed by atoms with Crippen molar-refractivity contribution in [1.82, 2.24) is 5.32 Å². The van der Waals surface area contributed by atoms with Gasteiger partial charge in [0, 0.05) is 29.8 Å². The summed E-state index contributed by atoms with van der Waals surface area (Å²) in [6, 6.07) is 0. The van der Waals surface area contributed by atoms with Crippen molar-refractivity contribution >= 4 is 23.3 Å². The number of nitrogens with one attached hydrogen (secondary N) is 1. The van der Waals surface area contributed by atoms with Gasteiger partial charge in [0.25, 0.3) is 0 Å². The monoisotopic (exact) mass is 562 g/mol. The Labute approximate surface area is 244 Å². The van der Waals surface area contributed by atoms with Crippen molar-refractivity contribution in [3.05, 3.63) is 34.8 Å². The lowest BCUT2D eigenvalue weighted by Crippen LogP contribution is -2.65. The zero-order valence-corrected chi connectivity index (χ0v) is 25.8. The van der Waals surface area contributed by atoms with Crippen LogP contribution in [0.5, 0.6) is 0 Å². The van der Waals surface area contributed by atoms with Gasteiger partial charge in [0.1, 0.15) is 6.61 Å². The van der Waals surface area contributed by atoms with Gasteiger partial charge in [-0.05, 0) is 79.1 Å². The number of allylic oxidation sites excluding steroid dienone is 4. The van der Waals surface area contributed by atoms with E-state index in [1.807, 2.05) is 19.1 Å². The molecule has 0 radical (unpaired) electrons. The van der Waals surface area contributed by atoms with Crippen LogP contribution in [0.2, 0.25) is 0 Å². The molecule has 0 saturated heterocycles. The Morgan fingerprint density at radius 3 is 2.39 bits per heavy atom. The molecule has 1 amide bonds. The summed E-state index contributed by atoms with van der Waals surface area (Å²) in [6.45, 7) is 20.7. The topological polar surface area (TPSA) is 93.9 Å². The predicted molar refractivity (Wildman–Crippen MR) is 155 cm³/mol. The lowest BCUT2D eigenvalue weighted by Gasteiger charge is -2.68. The first-order valence-corrected chi connectivity index (χ1v) is 15.3. The number of nitrogens with zero attached hydrogens (tertiary/aromatic N) is 1. The molecule has 3 saturated carbocycles. The highest BCUT2D eigenvalue weighted by Crippen LogP contribution is 2.73. The van der Waals surface area contributed by atoms with Crippen LogP contribution in [-0.4, -0.2) is 43.5 Å². The Kier molecular flexibility index (Phi) is 7.09. The highest BCUT2D eigenvalue weighted by atomic mass is 16.5. The summed E-state index contributed by atoms with van der Waals surface area (Å²) in [4.78, 5) is 57.3. The summed E-state index contributed by atoms with van der Waals surface area (Å²) in [5.74, 6) is -0.867. The van der Waals surface area contributed by atoms with Crippen LogP contribution < -0.4 is 5.32 Å². The van der Waals surface area contributed by atoms with Gasteiger partial charge in [-0.25, -0.2) is 4.85 Å². The molecule has 8 atom stereocenters. The Morgan fingerprint density at radius 2 is 1.73 bits per heavy atom. The number of amides is 1. The van der Waals surface area contributed by atoms with E-state index in [2.05, 4.69) is 44.8 Å². The third-order valence-corrected chi connectivity index (χ3v) is 12.8. The zero-order valence-electron chi connectivity index (χ0n) is 25.8. The van der Waals surface area contributed by atoms with Gasteiger partial charge in [0.15, 0.2) is 17.3 Å². The Bertz CT molecular complexity index is 1300. The van der Waals surface area contributed by atoms with E-state index in [-0.39, 0.29) is 82.0 Å². The van der Waals surface area contributed by atoms with E-state index in [0.29, 0.717) is 6.42 Å². The number of rotatable bonds is 5. The second-order valence-corrected chi connectivity index (χ2v) is 15.2. The van der Waals surface area contributed by atoms with Gasteiger partial charge in [0.2, 0.25) is 11.6 Å². The SMILES string of the molecule is [C-]#[N+]C1=C[C@]2(C)C3=CC(=O)[C@@H]4[C@@H]5CC(C)(C)CC[C@]5(C(=O)CNC(=O)COC)CC[C@@]4(C)[C@]3(C)CC[C@H]2[C@H](C)C1=O. The smallest absolute Gasteiger partial charge is 0.246 e. The van der Waals surface area contributed by atoms with E-state index in [9.17, 15) is 19.2 Å². The number of hydrogen-bond donors (Lipinski definition) is 1. The van der Waals surface area contributed by atoms with Crippen molar-refractivity contribution < 1.29 is 23.9 Å². The Morgan fingerprint density at radius 1 is 1.05 bits per heavy atom. The molecule has 7 heteroatoms. The number of carbonyl (C=O) groups is 4. The molecule has 5 aliphatic carbocycles. The van der Waals surface area contributed by atoms with Gasteiger partial charge in [0.05, 0.1) is 13.1 Å². The molecular weight excluding hydrogens is 516 g/mol. The number of carbonyl (C=O) groups excluding carboxylic acids is 4. The lowest BCUT2D eigenvalue weighted by atomic mass is 9.34. The van der Waals surface area contributed by atoms with Gasteiger partial charge in [-0.2, -0.15) is 0 Å². The molecule has 0 unspecified atom stereocenters. The number of methoxy groups -OCH3 is 1. The number of Topliss-reactive ketones (excluding diaryl/α,β-unsaturated/α-hetero) is 2. The van der Waals surface area contributed by atoms with Crippen LogP contribution in [0.25, 0.3) is 4.85 Å². The fourth-order valence-corrected chi connectivity index (χ4v) is 10.2. The van der Waals surface area contributed by atoms with Crippen molar-refractivity contribution in [3.8, 4) is 0 Å². The first-order valence-electron chi connectivity index (χ1n) is 15.3. The van der Waals surface area contributed by atoms with Crippen LogP contribution in [-0.2, 0) is 23.9 Å². The minimum Gasteiger partial charge on any atom is -0.375 e. The van der Waals surface area contributed by atoms with Crippen molar-refractivity contribution in [1.29, 1.82) is 0 Å². The Hall–Kier alpha value is -2.59. The molecule has 41 heavy (non-hydrogen) atoms. The standard InChI is InChI=1S/C34H46N2O5/c1-20-21-9-10-32(5)25(31(21,4)17-23(35-7)29(20)40)15-24(37)28-22-16-30(2,3)11-13-34(22,14-12-33(28,32)6)26(38)18-36-27(39)19-41-8/h15,17,20-22,28H,9-14,16,18-19H2,1-6,8H3,(H,36,39)/t20-,21-,22-,28-,31-,32+,33+,34-/m0/s1. The van der Waals surface area contributed by atoms with Crippen molar-refractivity contribution in [2.45, 2.75) is 86.5 Å². The molecule has 0 aliphatic heterocycles. The normalized spacial score (nSPS) is 42.8. The third kappa shape index (κ3) is 4.14. The molecule has 0 aromatic heterocycles. The summed E-state index contributed by atoms with van der Waals surface area (Å²) in [7, 11) is 1.45. The van der Waals surface area contributed by atoms with Crippen molar-refractivity contribution in [2.24, 2.45) is 50.7 Å². The minimum atomic E-state index is -0.637. The lowest BCUT2D eigenvalue weighted by molar-refractivity contribution is -0.176. The maximum atomic E-state index is 14.5. The van der Waals surface area contributed by atoms with Gasteiger partial charge in [-0.1, -0.05) is 53.2 Å². The minimum absolute atomic E-state index is 0.00719. The van der Waals surface area contributed by atoms with E-state index in [4.69, 9.17) is 11.3 Å². The van der Waals surface area contributed by atoms with Crippen LogP contribution in [0.4, 0.5) is 0 Å². The van der Waals surface area contributed by atoms with E-state index in [1.165, 1.54) is 7.11 Å². The molecule has 0 bridgehead atoms. The summed E-state index contributed by atoms with van der Waals surface area (Å²) in [5.41, 5.74) is -0.560. The molecule has 7 nitrogen and oxygen atoms in total. The Balaban J connectivity index is 1.60. The van der Waals surface area contributed by atoms with Gasteiger partial charge in [-0.15, -0.1) is 0 Å². The van der Waals surface area contributed by atoms with E-state index in [1.54, 1.807) is 0 Å². The van der Waals surface area contributed by atoms with Crippen LogP contribution >= 0.6 is 0 Å². The first kappa shape index (κ1) is 29.9. The zero-order chi connectivity index (χ0) is 30.2. The molecular formula is C34H46N2O5. The van der Waals surface area contributed by atoms with E-state index in [0.717, 1.165) is 44.1 Å². The van der Waals surface area contributed by atoms with Crippen LogP contribution in [0.15, 0.2) is 23.4 Å². The summed E-state index contributed by atoms with van der Waals surface area (Å²) in [6.07, 6.45) is 9.37. The summed E-state index contributed by atoms with van der Waals surface area (Å²) >= 11 is 0. The average molecular weight is 563 g/mol. The fourth-order valence-electron chi connectivity index (χ4n) is 10.2. The summed E-state index contributed by atoms with van der Waals surface area (Å²) in [5, 5.41) is 2.76. The first-order chi connectivity index (χ1) is 19.1. The molecule has 5 rings (SSSR count). The molecule has 0 spiro atoms. The maximum absolute atomic E-state index is 14.5.